The Hall–Kier alpha value is -2.60. The lowest BCUT2D eigenvalue weighted by molar-refractivity contribution is 0.209. The van der Waals surface area contributed by atoms with Gasteiger partial charge >= 0.3 is 6.09 Å². The van der Waals surface area contributed by atoms with Crippen molar-refractivity contribution >= 4 is 34.7 Å². The first-order valence-corrected chi connectivity index (χ1v) is 7.56. The van der Waals surface area contributed by atoms with E-state index in [-0.39, 0.29) is 11.1 Å². The molecule has 1 aromatic carbocycles. The molecule has 1 saturated carbocycles. The molecule has 2 aromatic heterocycles. The van der Waals surface area contributed by atoms with Crippen molar-refractivity contribution in [2.75, 3.05) is 5.32 Å². The minimum absolute atomic E-state index is 0.127. The molecule has 1 amide bonds. The highest BCUT2D eigenvalue weighted by Gasteiger charge is 2.22. The third-order valence-electron chi connectivity index (χ3n) is 3.43. The van der Waals surface area contributed by atoms with E-state index < -0.39 is 6.09 Å². The molecule has 1 aliphatic rings. The highest BCUT2D eigenvalue weighted by Crippen LogP contribution is 2.39. The molecule has 1 aliphatic carbocycles. The fourth-order valence-corrected chi connectivity index (χ4v) is 2.41. The van der Waals surface area contributed by atoms with E-state index in [4.69, 9.17) is 16.7 Å². The molecule has 2 heterocycles. The van der Waals surface area contributed by atoms with Crippen LogP contribution in [0.5, 0.6) is 0 Å². The molecule has 0 aliphatic heterocycles. The van der Waals surface area contributed by atoms with E-state index in [1.165, 1.54) is 24.6 Å². The van der Waals surface area contributed by atoms with Crippen LogP contribution in [-0.4, -0.2) is 26.2 Å². The van der Waals surface area contributed by atoms with Gasteiger partial charge < -0.3 is 10.1 Å². The number of hydrogen-bond acceptors (Lipinski definition) is 3. The number of nitrogens with one attached hydrogen (secondary N) is 2. The van der Waals surface area contributed by atoms with Crippen LogP contribution in [0.3, 0.4) is 0 Å². The minimum atomic E-state index is -1.19. The Bertz CT molecular complexity index is 815. The number of hydrogen-bond donors (Lipinski definition) is 3. The molecule has 4 rings (SSSR count). The Labute approximate surface area is 137 Å². The Morgan fingerprint density at radius 3 is 2.61 bits per heavy atom. The predicted molar refractivity (Wildman–Crippen MR) is 89.0 cm³/mol. The predicted octanol–water partition coefficient (Wildman–Crippen LogP) is 4.27. The molecule has 0 spiro atoms. The number of carbonyl (C=O) groups is 1. The summed E-state index contributed by atoms with van der Waals surface area (Å²) in [4.78, 5) is 20.8. The lowest BCUT2D eigenvalue weighted by Crippen LogP contribution is -2.08. The van der Waals surface area contributed by atoms with Crippen LogP contribution in [-0.2, 0) is 0 Å². The SMILES string of the molecule is O=C(O)Nc1nc2c(Cl)nccc2[nH]1.c1ccc(C2CC2)cc1. The summed E-state index contributed by atoms with van der Waals surface area (Å²) in [6, 6.07) is 12.4. The molecule has 3 aromatic rings. The summed E-state index contributed by atoms with van der Waals surface area (Å²) in [6.07, 6.45) is 3.13. The molecule has 0 radical (unpaired) electrons. The number of pyridine rings is 1. The van der Waals surface area contributed by atoms with Crippen LogP contribution in [0.2, 0.25) is 5.15 Å². The van der Waals surface area contributed by atoms with Gasteiger partial charge in [-0.05, 0) is 30.4 Å². The second kappa shape index (κ2) is 6.66. The Balaban J connectivity index is 0.000000149. The van der Waals surface area contributed by atoms with E-state index >= 15 is 0 Å². The van der Waals surface area contributed by atoms with Gasteiger partial charge in [0.25, 0.3) is 0 Å². The van der Waals surface area contributed by atoms with Gasteiger partial charge in [0, 0.05) is 6.20 Å². The van der Waals surface area contributed by atoms with Gasteiger partial charge in [-0.3, -0.25) is 5.32 Å². The second-order valence-electron chi connectivity index (χ2n) is 5.20. The van der Waals surface area contributed by atoms with E-state index in [1.807, 2.05) is 0 Å². The maximum absolute atomic E-state index is 10.3. The highest BCUT2D eigenvalue weighted by atomic mass is 35.5. The zero-order valence-electron chi connectivity index (χ0n) is 12.2. The van der Waals surface area contributed by atoms with Crippen molar-refractivity contribution in [1.29, 1.82) is 0 Å². The largest absolute Gasteiger partial charge is 0.465 e. The third kappa shape index (κ3) is 3.98. The average molecular weight is 331 g/mol. The molecule has 3 N–H and O–H groups in total. The lowest BCUT2D eigenvalue weighted by atomic mass is 10.1. The maximum atomic E-state index is 10.3. The summed E-state index contributed by atoms with van der Waals surface area (Å²) < 4.78 is 0. The van der Waals surface area contributed by atoms with Gasteiger partial charge in [0.2, 0.25) is 5.95 Å². The van der Waals surface area contributed by atoms with Gasteiger partial charge in [-0.2, -0.15) is 0 Å². The van der Waals surface area contributed by atoms with Crippen molar-refractivity contribution in [2.24, 2.45) is 0 Å². The van der Waals surface area contributed by atoms with Gasteiger partial charge in [-0.15, -0.1) is 0 Å². The fourth-order valence-electron chi connectivity index (χ4n) is 2.21. The zero-order chi connectivity index (χ0) is 16.2. The first kappa shape index (κ1) is 15.3. The molecule has 7 heteroatoms. The smallest absolute Gasteiger partial charge is 0.411 e. The van der Waals surface area contributed by atoms with E-state index in [1.54, 1.807) is 6.07 Å². The summed E-state index contributed by atoms with van der Waals surface area (Å²) in [7, 11) is 0. The van der Waals surface area contributed by atoms with Gasteiger partial charge in [-0.25, -0.2) is 14.8 Å². The number of rotatable bonds is 2. The van der Waals surface area contributed by atoms with Gasteiger partial charge in [0.1, 0.15) is 5.52 Å². The Kier molecular flexibility index (Phi) is 4.43. The van der Waals surface area contributed by atoms with E-state index in [9.17, 15) is 4.79 Å². The average Bonchev–Trinajstić information content (AvgIpc) is 3.30. The summed E-state index contributed by atoms with van der Waals surface area (Å²) >= 11 is 5.74. The van der Waals surface area contributed by atoms with E-state index in [2.05, 4.69) is 50.6 Å². The molecule has 0 unspecified atom stereocenters. The number of H-pyrrole nitrogens is 1. The molecule has 1 fully saturated rings. The number of anilines is 1. The highest BCUT2D eigenvalue weighted by molar-refractivity contribution is 6.33. The number of benzene rings is 1. The molecule has 6 nitrogen and oxygen atoms in total. The number of nitrogens with zero attached hydrogens (tertiary/aromatic N) is 2. The van der Waals surface area contributed by atoms with Crippen LogP contribution in [0.25, 0.3) is 11.0 Å². The first-order chi connectivity index (χ1) is 11.1. The molecule has 0 bridgehead atoms. The molecule has 23 heavy (non-hydrogen) atoms. The van der Waals surface area contributed by atoms with Crippen LogP contribution in [0.4, 0.5) is 10.7 Å². The summed E-state index contributed by atoms with van der Waals surface area (Å²) in [5.41, 5.74) is 2.60. The molecule has 118 valence electrons. The van der Waals surface area contributed by atoms with Crippen LogP contribution < -0.4 is 5.32 Å². The number of imidazole rings is 1. The quantitative estimate of drug-likeness (QED) is 0.612. The summed E-state index contributed by atoms with van der Waals surface area (Å²) in [6.45, 7) is 0. The minimum Gasteiger partial charge on any atom is -0.465 e. The molecular weight excluding hydrogens is 316 g/mol. The van der Waals surface area contributed by atoms with Crippen LogP contribution in [0.1, 0.15) is 24.3 Å². The summed E-state index contributed by atoms with van der Waals surface area (Å²) in [5.74, 6) is 1.04. The maximum Gasteiger partial charge on any atom is 0.411 e. The zero-order valence-corrected chi connectivity index (χ0v) is 12.9. The van der Waals surface area contributed by atoms with Crippen molar-refractivity contribution in [3.63, 3.8) is 0 Å². The standard InChI is InChI=1S/C9H10.C7H5ClN4O2/c1-2-4-8(5-3-1)9-6-7-9;8-5-4-3(1-2-9-5)10-6(11-4)12-7(13)14/h1-5,9H,6-7H2;1-2H,(H,13,14)(H2,10,11,12). The third-order valence-corrected chi connectivity index (χ3v) is 3.71. The number of halogens is 1. The molecular formula is C16H15ClN4O2. The van der Waals surface area contributed by atoms with Crippen molar-refractivity contribution in [3.8, 4) is 0 Å². The van der Waals surface area contributed by atoms with Crippen molar-refractivity contribution in [1.82, 2.24) is 15.0 Å². The molecule has 0 atom stereocenters. The summed E-state index contributed by atoms with van der Waals surface area (Å²) in [5, 5.41) is 10.8. The van der Waals surface area contributed by atoms with Gasteiger partial charge in [0.05, 0.1) is 5.52 Å². The van der Waals surface area contributed by atoms with Crippen LogP contribution in [0, 0.1) is 0 Å². The normalized spacial score (nSPS) is 13.3. The van der Waals surface area contributed by atoms with Crippen LogP contribution in [0.15, 0.2) is 42.6 Å². The number of amides is 1. The fraction of sp³-hybridized carbons (Fsp3) is 0.188. The van der Waals surface area contributed by atoms with Crippen molar-refractivity contribution in [2.45, 2.75) is 18.8 Å². The van der Waals surface area contributed by atoms with Gasteiger partial charge in [-0.1, -0.05) is 41.9 Å². The first-order valence-electron chi connectivity index (χ1n) is 7.18. The topological polar surface area (TPSA) is 90.9 Å². The van der Waals surface area contributed by atoms with E-state index in [0.29, 0.717) is 11.0 Å². The number of fused-ring (bicyclic) bond motifs is 1. The van der Waals surface area contributed by atoms with E-state index in [0.717, 1.165) is 5.92 Å². The van der Waals surface area contributed by atoms with Crippen molar-refractivity contribution < 1.29 is 9.90 Å². The second-order valence-corrected chi connectivity index (χ2v) is 5.56. The van der Waals surface area contributed by atoms with Crippen molar-refractivity contribution in [3.05, 3.63) is 53.3 Å². The monoisotopic (exact) mass is 330 g/mol. The number of aromatic amines is 1. The number of carboxylic acid groups (broad SMARTS) is 1. The number of aromatic nitrogens is 3. The Morgan fingerprint density at radius 1 is 1.26 bits per heavy atom. The molecule has 0 saturated heterocycles. The lowest BCUT2D eigenvalue weighted by Gasteiger charge is -1.92. The van der Waals surface area contributed by atoms with Gasteiger partial charge in [0.15, 0.2) is 5.15 Å². The van der Waals surface area contributed by atoms with Crippen LogP contribution >= 0.6 is 11.6 Å². The Morgan fingerprint density at radius 2 is 2.00 bits per heavy atom.